The van der Waals surface area contributed by atoms with Gasteiger partial charge >= 0.3 is 0 Å². The SMILES string of the molecule is CC.COCCC(C)OP(=S)(NCCCCC1COC(c2ccc(OC)cc2)O1)OC. The smallest absolute Gasteiger partial charge is 0.261 e. The normalized spacial score (nSPS) is 21.1. The fourth-order valence-electron chi connectivity index (χ4n) is 2.97. The van der Waals surface area contributed by atoms with Crippen LogP contribution >= 0.6 is 6.64 Å². The van der Waals surface area contributed by atoms with Crippen molar-refractivity contribution >= 4 is 18.4 Å². The van der Waals surface area contributed by atoms with Crippen LogP contribution in [0.1, 0.15) is 58.3 Å². The van der Waals surface area contributed by atoms with Crippen LogP contribution in [0.25, 0.3) is 0 Å². The van der Waals surface area contributed by atoms with Crippen molar-refractivity contribution in [3.05, 3.63) is 29.8 Å². The molecule has 2 rings (SSSR count). The Balaban J connectivity index is 0.00000233. The lowest BCUT2D eigenvalue weighted by Gasteiger charge is -2.25. The van der Waals surface area contributed by atoms with Gasteiger partial charge in [-0.3, -0.25) is 0 Å². The molecule has 0 spiro atoms. The molecule has 0 radical (unpaired) electrons. The van der Waals surface area contributed by atoms with Crippen molar-refractivity contribution in [1.82, 2.24) is 5.09 Å². The summed E-state index contributed by atoms with van der Waals surface area (Å²) in [5.41, 5.74) is 1.01. The minimum atomic E-state index is -2.46. The van der Waals surface area contributed by atoms with E-state index < -0.39 is 6.64 Å². The van der Waals surface area contributed by atoms with Crippen molar-refractivity contribution < 1.29 is 28.0 Å². The molecule has 1 saturated heterocycles. The van der Waals surface area contributed by atoms with Crippen LogP contribution in [0.4, 0.5) is 0 Å². The second-order valence-corrected chi connectivity index (χ2v) is 10.3. The summed E-state index contributed by atoms with van der Waals surface area (Å²) in [6, 6.07) is 7.78. The zero-order chi connectivity index (χ0) is 23.1. The number of hydrogen-bond acceptors (Lipinski definition) is 7. The molecular weight excluding hydrogens is 437 g/mol. The first kappa shape index (κ1) is 28.5. The van der Waals surface area contributed by atoms with E-state index in [2.05, 4.69) is 5.09 Å². The lowest BCUT2D eigenvalue weighted by atomic mass is 10.1. The highest BCUT2D eigenvalue weighted by Gasteiger charge is 2.27. The molecule has 1 fully saturated rings. The monoisotopic (exact) mass is 477 g/mol. The van der Waals surface area contributed by atoms with Crippen LogP contribution in [0.5, 0.6) is 5.75 Å². The molecular formula is C22H40NO6PS. The number of unbranched alkanes of at least 4 members (excludes halogenated alkanes) is 1. The van der Waals surface area contributed by atoms with Gasteiger partial charge in [0.25, 0.3) is 6.64 Å². The topological polar surface area (TPSA) is 67.4 Å². The van der Waals surface area contributed by atoms with E-state index in [4.69, 9.17) is 39.8 Å². The number of rotatable bonds is 14. The number of hydrogen-bond donors (Lipinski definition) is 1. The van der Waals surface area contributed by atoms with Crippen LogP contribution in [0, 0.1) is 0 Å². The molecule has 1 aromatic rings. The zero-order valence-electron chi connectivity index (χ0n) is 19.8. The largest absolute Gasteiger partial charge is 0.497 e. The van der Waals surface area contributed by atoms with Gasteiger partial charge in [-0.2, -0.15) is 0 Å². The summed E-state index contributed by atoms with van der Waals surface area (Å²) in [6.45, 7) is 5.53. The molecule has 9 heteroatoms. The highest BCUT2D eigenvalue weighted by Crippen LogP contribution is 2.44. The van der Waals surface area contributed by atoms with Gasteiger partial charge in [0, 0.05) is 32.9 Å². The lowest BCUT2D eigenvalue weighted by molar-refractivity contribution is -0.0613. The van der Waals surface area contributed by atoms with Gasteiger partial charge in [0.2, 0.25) is 0 Å². The fourth-order valence-corrected chi connectivity index (χ4v) is 4.98. The molecule has 0 aliphatic carbocycles. The molecule has 0 bridgehead atoms. The Kier molecular flexibility index (Phi) is 14.8. The molecule has 0 amide bonds. The fraction of sp³-hybridized carbons (Fsp3) is 0.727. The van der Waals surface area contributed by atoms with Crippen molar-refractivity contribution in [2.75, 3.05) is 41.1 Å². The van der Waals surface area contributed by atoms with Crippen LogP contribution in [0.3, 0.4) is 0 Å². The number of benzene rings is 1. The standard InChI is InChI=1S/C20H34NO6PS.C2H6/c1-16(12-14-22-2)27-28(29,24-4)21-13-6-5-7-19-15-25-20(26-19)17-8-10-18(23-3)11-9-17;1-2/h8-11,16,19-20H,5-7,12-15H2,1-4H3,(H,21,29);1-2H3. The molecule has 31 heavy (non-hydrogen) atoms. The molecule has 0 saturated carbocycles. The van der Waals surface area contributed by atoms with Crippen LogP contribution in [-0.2, 0) is 35.1 Å². The maximum Gasteiger partial charge on any atom is 0.261 e. The molecule has 180 valence electrons. The Bertz CT molecular complexity index is 633. The summed E-state index contributed by atoms with van der Waals surface area (Å²) in [5, 5.41) is 3.28. The van der Waals surface area contributed by atoms with Gasteiger partial charge in [0.15, 0.2) is 6.29 Å². The molecule has 4 atom stereocenters. The van der Waals surface area contributed by atoms with E-state index in [-0.39, 0.29) is 18.5 Å². The summed E-state index contributed by atoms with van der Waals surface area (Å²) in [7, 11) is 4.93. The lowest BCUT2D eigenvalue weighted by Crippen LogP contribution is -2.20. The Morgan fingerprint density at radius 3 is 2.48 bits per heavy atom. The van der Waals surface area contributed by atoms with Crippen molar-refractivity contribution in [3.63, 3.8) is 0 Å². The second-order valence-electron chi connectivity index (χ2n) is 6.98. The second kappa shape index (κ2) is 16.1. The highest BCUT2D eigenvalue weighted by atomic mass is 32.5. The van der Waals surface area contributed by atoms with Crippen molar-refractivity contribution in [2.24, 2.45) is 0 Å². The third-order valence-corrected chi connectivity index (χ3v) is 7.51. The predicted octanol–water partition coefficient (Wildman–Crippen LogP) is 5.21. The van der Waals surface area contributed by atoms with E-state index >= 15 is 0 Å². The van der Waals surface area contributed by atoms with Gasteiger partial charge in [-0.1, -0.05) is 26.0 Å². The highest BCUT2D eigenvalue weighted by molar-refractivity contribution is 8.08. The molecule has 1 aliphatic heterocycles. The van der Waals surface area contributed by atoms with Gasteiger partial charge in [0.1, 0.15) is 5.75 Å². The average molecular weight is 478 g/mol. The van der Waals surface area contributed by atoms with Gasteiger partial charge in [-0.15, -0.1) is 0 Å². The third kappa shape index (κ3) is 10.7. The van der Waals surface area contributed by atoms with E-state index in [0.29, 0.717) is 13.2 Å². The van der Waals surface area contributed by atoms with Gasteiger partial charge in [0.05, 0.1) is 25.9 Å². The quantitative estimate of drug-likeness (QED) is 0.289. The Labute approximate surface area is 193 Å². The molecule has 1 aliphatic rings. The maximum atomic E-state index is 6.02. The Morgan fingerprint density at radius 1 is 1.16 bits per heavy atom. The Hall–Kier alpha value is -0.570. The zero-order valence-corrected chi connectivity index (χ0v) is 21.5. The van der Waals surface area contributed by atoms with Gasteiger partial charge in [-0.05, 0) is 56.5 Å². The van der Waals surface area contributed by atoms with Crippen molar-refractivity contribution in [3.8, 4) is 5.75 Å². The van der Waals surface area contributed by atoms with E-state index in [0.717, 1.165) is 43.5 Å². The average Bonchev–Trinajstić information content (AvgIpc) is 3.27. The molecule has 1 heterocycles. The van der Waals surface area contributed by atoms with Crippen LogP contribution in [-0.4, -0.2) is 53.3 Å². The minimum Gasteiger partial charge on any atom is -0.497 e. The van der Waals surface area contributed by atoms with E-state index in [1.807, 2.05) is 45.0 Å². The first-order valence-corrected chi connectivity index (χ1v) is 13.6. The summed E-state index contributed by atoms with van der Waals surface area (Å²) in [6.07, 6.45) is 3.50. The summed E-state index contributed by atoms with van der Waals surface area (Å²) in [5.74, 6) is 0.824. The number of ether oxygens (including phenoxy) is 4. The summed E-state index contributed by atoms with van der Waals surface area (Å²) < 4.78 is 33.4. The predicted molar refractivity (Wildman–Crippen MR) is 128 cm³/mol. The van der Waals surface area contributed by atoms with Crippen LogP contribution in [0.2, 0.25) is 0 Å². The van der Waals surface area contributed by atoms with E-state index in [1.165, 1.54) is 0 Å². The van der Waals surface area contributed by atoms with E-state index in [1.54, 1.807) is 21.3 Å². The first-order valence-electron chi connectivity index (χ1n) is 11.0. The first-order chi connectivity index (χ1) is 15.0. The Morgan fingerprint density at radius 2 is 1.87 bits per heavy atom. The summed E-state index contributed by atoms with van der Waals surface area (Å²) >= 11 is 5.54. The number of nitrogens with one attached hydrogen (secondary N) is 1. The van der Waals surface area contributed by atoms with Crippen molar-refractivity contribution in [2.45, 2.75) is 65.0 Å². The molecule has 7 nitrogen and oxygen atoms in total. The molecule has 1 aromatic carbocycles. The molecule has 4 unspecified atom stereocenters. The van der Waals surface area contributed by atoms with Gasteiger partial charge < -0.3 is 28.0 Å². The summed E-state index contributed by atoms with van der Waals surface area (Å²) in [4.78, 5) is 0. The van der Waals surface area contributed by atoms with E-state index in [9.17, 15) is 0 Å². The third-order valence-electron chi connectivity index (χ3n) is 4.68. The maximum absolute atomic E-state index is 6.02. The van der Waals surface area contributed by atoms with Crippen LogP contribution in [0.15, 0.2) is 24.3 Å². The van der Waals surface area contributed by atoms with Crippen LogP contribution < -0.4 is 9.82 Å². The number of methoxy groups -OCH3 is 2. The molecule has 0 aromatic heterocycles. The minimum absolute atomic E-state index is 0.00726. The van der Waals surface area contributed by atoms with Gasteiger partial charge in [-0.25, -0.2) is 5.09 Å². The van der Waals surface area contributed by atoms with Crippen molar-refractivity contribution in [1.29, 1.82) is 0 Å². The molecule has 1 N–H and O–H groups in total.